The van der Waals surface area contributed by atoms with E-state index < -0.39 is 16.7 Å². The van der Waals surface area contributed by atoms with Crippen molar-refractivity contribution >= 4 is 10.0 Å². The molecular formula is C12H18FNO3S. The van der Waals surface area contributed by atoms with Gasteiger partial charge in [0.15, 0.2) is 0 Å². The SMILES string of the molecule is Cc1cc(OCCF)c(C(C)C)cc1S(N)(=O)=O. The first kappa shape index (κ1) is 14.9. The largest absolute Gasteiger partial charge is 0.491 e. The van der Waals surface area contributed by atoms with Gasteiger partial charge in [0.05, 0.1) is 4.90 Å². The van der Waals surface area contributed by atoms with Crippen molar-refractivity contribution in [1.82, 2.24) is 0 Å². The third kappa shape index (κ3) is 3.43. The Morgan fingerprint density at radius 1 is 1.39 bits per heavy atom. The summed E-state index contributed by atoms with van der Waals surface area (Å²) in [6, 6.07) is 3.09. The van der Waals surface area contributed by atoms with Gasteiger partial charge in [0.25, 0.3) is 0 Å². The average Bonchev–Trinajstić information content (AvgIpc) is 2.23. The van der Waals surface area contributed by atoms with Gasteiger partial charge in [0, 0.05) is 0 Å². The summed E-state index contributed by atoms with van der Waals surface area (Å²) in [6.07, 6.45) is 0. The van der Waals surface area contributed by atoms with Gasteiger partial charge in [0.2, 0.25) is 10.0 Å². The fourth-order valence-electron chi connectivity index (χ4n) is 1.71. The molecule has 0 radical (unpaired) electrons. The molecule has 0 aliphatic carbocycles. The third-order valence-electron chi connectivity index (χ3n) is 2.57. The van der Waals surface area contributed by atoms with E-state index in [1.165, 1.54) is 6.07 Å². The predicted octanol–water partition coefficient (Wildman–Crippen LogP) is 2.11. The fourth-order valence-corrected chi connectivity index (χ4v) is 2.51. The summed E-state index contributed by atoms with van der Waals surface area (Å²) in [5.74, 6) is 0.563. The van der Waals surface area contributed by atoms with E-state index in [-0.39, 0.29) is 17.4 Å². The molecule has 6 heteroatoms. The Labute approximate surface area is 107 Å². The molecule has 0 bridgehead atoms. The molecule has 1 rings (SSSR count). The maximum absolute atomic E-state index is 12.1. The minimum absolute atomic E-state index is 0.0477. The van der Waals surface area contributed by atoms with Crippen LogP contribution < -0.4 is 9.88 Å². The first-order valence-electron chi connectivity index (χ1n) is 5.63. The maximum Gasteiger partial charge on any atom is 0.238 e. The lowest BCUT2D eigenvalue weighted by Gasteiger charge is -2.16. The van der Waals surface area contributed by atoms with Crippen LogP contribution in [0.2, 0.25) is 0 Å². The van der Waals surface area contributed by atoms with Gasteiger partial charge in [-0.2, -0.15) is 0 Å². The number of benzene rings is 1. The molecule has 4 nitrogen and oxygen atoms in total. The first-order valence-corrected chi connectivity index (χ1v) is 7.18. The van der Waals surface area contributed by atoms with Crippen LogP contribution in [0.3, 0.4) is 0 Å². The number of rotatable bonds is 5. The number of aryl methyl sites for hydroxylation is 1. The van der Waals surface area contributed by atoms with Crippen molar-refractivity contribution in [3.63, 3.8) is 0 Å². The smallest absolute Gasteiger partial charge is 0.238 e. The highest BCUT2D eigenvalue weighted by Crippen LogP contribution is 2.31. The third-order valence-corrected chi connectivity index (χ3v) is 3.62. The average molecular weight is 275 g/mol. The Balaban J connectivity index is 3.35. The first-order chi connectivity index (χ1) is 8.27. The Bertz CT molecular complexity index is 526. The molecule has 1 aromatic carbocycles. The van der Waals surface area contributed by atoms with E-state index in [1.807, 2.05) is 13.8 Å². The summed E-state index contributed by atoms with van der Waals surface area (Å²) >= 11 is 0. The molecule has 0 amide bonds. The monoisotopic (exact) mass is 275 g/mol. The second-order valence-corrected chi connectivity index (χ2v) is 5.92. The molecule has 0 saturated heterocycles. The van der Waals surface area contributed by atoms with Crippen LogP contribution in [-0.4, -0.2) is 21.7 Å². The summed E-state index contributed by atoms with van der Waals surface area (Å²) in [7, 11) is -3.76. The molecular weight excluding hydrogens is 257 g/mol. The van der Waals surface area contributed by atoms with Gasteiger partial charge >= 0.3 is 0 Å². The van der Waals surface area contributed by atoms with Crippen molar-refractivity contribution in [2.45, 2.75) is 31.6 Å². The number of hydrogen-bond donors (Lipinski definition) is 1. The molecule has 18 heavy (non-hydrogen) atoms. The van der Waals surface area contributed by atoms with Crippen molar-refractivity contribution in [2.24, 2.45) is 5.14 Å². The summed E-state index contributed by atoms with van der Waals surface area (Å²) in [5, 5.41) is 5.15. The molecule has 0 aliphatic heterocycles. The number of ether oxygens (including phenoxy) is 1. The number of halogens is 1. The van der Waals surface area contributed by atoms with Crippen LogP contribution in [0, 0.1) is 6.92 Å². The van der Waals surface area contributed by atoms with Crippen LogP contribution in [-0.2, 0) is 10.0 Å². The number of primary sulfonamides is 1. The van der Waals surface area contributed by atoms with Gasteiger partial charge in [-0.3, -0.25) is 0 Å². The Kier molecular flexibility index (Phi) is 4.70. The van der Waals surface area contributed by atoms with Crippen LogP contribution in [0.4, 0.5) is 4.39 Å². The van der Waals surface area contributed by atoms with Crippen molar-refractivity contribution in [3.8, 4) is 5.75 Å². The summed E-state index contributed by atoms with van der Waals surface area (Å²) in [4.78, 5) is 0.0822. The zero-order valence-electron chi connectivity index (χ0n) is 10.7. The lowest BCUT2D eigenvalue weighted by Crippen LogP contribution is -2.15. The molecule has 0 heterocycles. The number of alkyl halides is 1. The van der Waals surface area contributed by atoms with Gasteiger partial charge in [0.1, 0.15) is 19.0 Å². The summed E-state index contributed by atoms with van der Waals surface area (Å²) in [5.41, 5.74) is 1.20. The van der Waals surface area contributed by atoms with Gasteiger partial charge in [-0.05, 0) is 36.1 Å². The molecule has 0 unspecified atom stereocenters. The lowest BCUT2D eigenvalue weighted by atomic mass is 10.0. The normalized spacial score (nSPS) is 11.9. The Hall–Kier alpha value is -1.14. The van der Waals surface area contributed by atoms with Crippen molar-refractivity contribution in [1.29, 1.82) is 0 Å². The quantitative estimate of drug-likeness (QED) is 0.894. The fraction of sp³-hybridized carbons (Fsp3) is 0.500. The summed E-state index contributed by atoms with van der Waals surface area (Å²) < 4.78 is 40.3. The van der Waals surface area contributed by atoms with E-state index in [0.29, 0.717) is 16.9 Å². The lowest BCUT2D eigenvalue weighted by molar-refractivity contribution is 0.270. The van der Waals surface area contributed by atoms with Crippen LogP contribution >= 0.6 is 0 Å². The van der Waals surface area contributed by atoms with E-state index in [1.54, 1.807) is 13.0 Å². The minimum Gasteiger partial charge on any atom is -0.491 e. The highest BCUT2D eigenvalue weighted by molar-refractivity contribution is 7.89. The minimum atomic E-state index is -3.76. The topological polar surface area (TPSA) is 69.4 Å². The van der Waals surface area contributed by atoms with Crippen LogP contribution in [0.15, 0.2) is 17.0 Å². The highest BCUT2D eigenvalue weighted by Gasteiger charge is 2.17. The van der Waals surface area contributed by atoms with Gasteiger partial charge in [-0.15, -0.1) is 0 Å². The number of sulfonamides is 1. The second-order valence-electron chi connectivity index (χ2n) is 4.39. The predicted molar refractivity (Wildman–Crippen MR) is 68.1 cm³/mol. The molecule has 0 spiro atoms. The van der Waals surface area contributed by atoms with E-state index in [9.17, 15) is 12.8 Å². The summed E-state index contributed by atoms with van der Waals surface area (Å²) in [6.45, 7) is 4.80. The van der Waals surface area contributed by atoms with E-state index in [4.69, 9.17) is 9.88 Å². The van der Waals surface area contributed by atoms with Crippen LogP contribution in [0.1, 0.15) is 30.9 Å². The number of hydrogen-bond acceptors (Lipinski definition) is 3. The molecule has 102 valence electrons. The molecule has 1 aromatic rings. The van der Waals surface area contributed by atoms with Crippen LogP contribution in [0.5, 0.6) is 5.75 Å². The van der Waals surface area contributed by atoms with Crippen LogP contribution in [0.25, 0.3) is 0 Å². The van der Waals surface area contributed by atoms with Gasteiger partial charge in [-0.25, -0.2) is 17.9 Å². The molecule has 0 fully saturated rings. The number of nitrogens with two attached hydrogens (primary N) is 1. The van der Waals surface area contributed by atoms with Gasteiger partial charge in [-0.1, -0.05) is 13.8 Å². The molecule has 0 aromatic heterocycles. The molecule has 0 aliphatic rings. The Morgan fingerprint density at radius 2 is 2.00 bits per heavy atom. The molecule has 2 N–H and O–H groups in total. The van der Waals surface area contributed by atoms with Gasteiger partial charge < -0.3 is 4.74 Å². The zero-order chi connectivity index (χ0) is 13.9. The highest BCUT2D eigenvalue weighted by atomic mass is 32.2. The van der Waals surface area contributed by atoms with Crippen molar-refractivity contribution in [2.75, 3.05) is 13.3 Å². The van der Waals surface area contributed by atoms with E-state index in [0.717, 1.165) is 0 Å². The standard InChI is InChI=1S/C12H18FNO3S/c1-8(2)10-7-12(18(14,15)16)9(3)6-11(10)17-5-4-13/h6-8H,4-5H2,1-3H3,(H2,14,15,16). The maximum atomic E-state index is 12.1. The molecule has 0 atom stereocenters. The second kappa shape index (κ2) is 5.67. The van der Waals surface area contributed by atoms with Crippen molar-refractivity contribution in [3.05, 3.63) is 23.3 Å². The molecule has 0 saturated carbocycles. The van der Waals surface area contributed by atoms with Crippen molar-refractivity contribution < 1.29 is 17.5 Å². The van der Waals surface area contributed by atoms with E-state index in [2.05, 4.69) is 0 Å². The zero-order valence-corrected chi connectivity index (χ0v) is 11.6. The van der Waals surface area contributed by atoms with E-state index >= 15 is 0 Å². The Morgan fingerprint density at radius 3 is 2.44 bits per heavy atom.